The van der Waals surface area contributed by atoms with Crippen LogP contribution >= 0.6 is 0 Å². The van der Waals surface area contributed by atoms with Crippen LogP contribution in [0, 0.1) is 5.82 Å². The number of nitrogens with two attached hydrogens (primary N) is 1. The first-order valence-electron chi connectivity index (χ1n) is 11.7. The van der Waals surface area contributed by atoms with Gasteiger partial charge in [0.1, 0.15) is 16.7 Å². The Balaban J connectivity index is 1.63. The Hall–Kier alpha value is -3.76. The van der Waals surface area contributed by atoms with E-state index in [9.17, 15) is 22.7 Å². The van der Waals surface area contributed by atoms with Crippen LogP contribution in [0.3, 0.4) is 0 Å². The molecule has 1 unspecified atom stereocenters. The molecular weight excluding hydrogens is 497 g/mol. The third kappa shape index (κ3) is 5.65. The van der Waals surface area contributed by atoms with Crippen LogP contribution in [0.5, 0.6) is 0 Å². The van der Waals surface area contributed by atoms with Gasteiger partial charge >= 0.3 is 6.02 Å². The highest BCUT2D eigenvalue weighted by Gasteiger charge is 2.47. The zero-order chi connectivity index (χ0) is 26.8. The Morgan fingerprint density at radius 1 is 1.11 bits per heavy atom. The number of nitrogens with one attached hydrogen (secondary N) is 1. The van der Waals surface area contributed by atoms with Crippen LogP contribution < -0.4 is 11.1 Å². The van der Waals surface area contributed by atoms with Crippen molar-refractivity contribution in [3.63, 3.8) is 0 Å². The van der Waals surface area contributed by atoms with Crippen molar-refractivity contribution >= 4 is 22.0 Å². The fourth-order valence-corrected chi connectivity index (χ4v) is 6.21. The molecule has 0 aliphatic carbocycles. The maximum Gasteiger partial charge on any atom is 0.301 e. The molecule has 4 rings (SSSR count). The SMILES string of the molecule is CC1(C)OC(N[C@@H](CCO)c2ccccc2F)=NS(=O)(=O)C1c1ccc(-c2cccc(C(N)=O)c2)cc1. The minimum absolute atomic E-state index is 0.117. The van der Waals surface area contributed by atoms with E-state index in [-0.39, 0.29) is 24.6 Å². The van der Waals surface area contributed by atoms with E-state index in [0.29, 0.717) is 11.1 Å². The summed E-state index contributed by atoms with van der Waals surface area (Å²) in [5, 5.41) is 11.2. The molecule has 0 radical (unpaired) electrons. The van der Waals surface area contributed by atoms with Crippen LogP contribution in [0.1, 0.15) is 53.0 Å². The molecule has 1 aliphatic heterocycles. The molecule has 0 bridgehead atoms. The van der Waals surface area contributed by atoms with Gasteiger partial charge in [-0.1, -0.05) is 54.6 Å². The molecule has 1 amide bonds. The molecular formula is C27H28FN3O5S. The van der Waals surface area contributed by atoms with Gasteiger partial charge in [0.25, 0.3) is 10.0 Å². The average molecular weight is 526 g/mol. The van der Waals surface area contributed by atoms with Crippen molar-refractivity contribution in [3.05, 3.63) is 95.3 Å². The monoisotopic (exact) mass is 525 g/mol. The Bertz CT molecular complexity index is 1440. The Morgan fingerprint density at radius 3 is 2.43 bits per heavy atom. The lowest BCUT2D eigenvalue weighted by Crippen LogP contribution is -2.47. The first-order chi connectivity index (χ1) is 17.5. The summed E-state index contributed by atoms with van der Waals surface area (Å²) in [4.78, 5) is 11.5. The minimum Gasteiger partial charge on any atom is -0.457 e. The zero-order valence-corrected chi connectivity index (χ0v) is 21.2. The summed E-state index contributed by atoms with van der Waals surface area (Å²) in [5.41, 5.74) is 6.79. The number of rotatable bonds is 7. The number of aliphatic hydroxyl groups is 1. The van der Waals surface area contributed by atoms with Crippen LogP contribution in [0.25, 0.3) is 11.1 Å². The maximum absolute atomic E-state index is 14.4. The molecule has 3 aromatic rings. The molecule has 37 heavy (non-hydrogen) atoms. The van der Waals surface area contributed by atoms with E-state index in [2.05, 4.69) is 9.71 Å². The van der Waals surface area contributed by atoms with E-state index >= 15 is 0 Å². The van der Waals surface area contributed by atoms with Gasteiger partial charge in [-0.3, -0.25) is 4.79 Å². The number of primary amides is 1. The zero-order valence-electron chi connectivity index (χ0n) is 20.4. The van der Waals surface area contributed by atoms with E-state index in [0.717, 1.165) is 11.1 Å². The molecule has 0 fully saturated rings. The van der Waals surface area contributed by atoms with Gasteiger partial charge in [0.2, 0.25) is 5.91 Å². The maximum atomic E-state index is 14.4. The molecule has 194 valence electrons. The number of sulfonamides is 1. The number of carbonyl (C=O) groups is 1. The summed E-state index contributed by atoms with van der Waals surface area (Å²) in [7, 11) is -4.10. The van der Waals surface area contributed by atoms with Gasteiger partial charge in [-0.25, -0.2) is 12.8 Å². The number of nitrogens with zero attached hydrogens (tertiary/aromatic N) is 1. The van der Waals surface area contributed by atoms with E-state index in [1.165, 1.54) is 6.07 Å². The predicted molar refractivity (Wildman–Crippen MR) is 139 cm³/mol. The molecule has 0 saturated heterocycles. The molecule has 0 spiro atoms. The second-order valence-corrected chi connectivity index (χ2v) is 11.0. The van der Waals surface area contributed by atoms with Gasteiger partial charge in [0.05, 0.1) is 6.04 Å². The van der Waals surface area contributed by atoms with E-state index in [1.807, 2.05) is 6.07 Å². The average Bonchev–Trinajstić information content (AvgIpc) is 2.83. The topological polar surface area (TPSA) is 131 Å². The lowest BCUT2D eigenvalue weighted by atomic mass is 9.95. The largest absolute Gasteiger partial charge is 0.457 e. The second kappa shape index (κ2) is 10.3. The van der Waals surface area contributed by atoms with Gasteiger partial charge < -0.3 is 20.9 Å². The fourth-order valence-electron chi connectivity index (χ4n) is 4.52. The third-order valence-corrected chi connectivity index (χ3v) is 8.04. The van der Waals surface area contributed by atoms with Crippen molar-refractivity contribution in [1.82, 2.24) is 5.32 Å². The normalized spacial score (nSPS) is 18.8. The smallest absolute Gasteiger partial charge is 0.301 e. The summed E-state index contributed by atoms with van der Waals surface area (Å²) in [6, 6.07) is 18.7. The number of amides is 1. The van der Waals surface area contributed by atoms with Crippen molar-refractivity contribution in [1.29, 1.82) is 0 Å². The summed E-state index contributed by atoms with van der Waals surface area (Å²) in [6.07, 6.45) is 0.117. The molecule has 4 N–H and O–H groups in total. The van der Waals surface area contributed by atoms with Crippen LogP contribution in [-0.4, -0.2) is 37.7 Å². The van der Waals surface area contributed by atoms with Crippen molar-refractivity contribution in [2.75, 3.05) is 6.61 Å². The highest BCUT2D eigenvalue weighted by atomic mass is 32.2. The fraction of sp³-hybridized carbons (Fsp3) is 0.259. The number of aliphatic hydroxyl groups excluding tert-OH is 1. The predicted octanol–water partition coefficient (Wildman–Crippen LogP) is 3.84. The van der Waals surface area contributed by atoms with Crippen molar-refractivity contribution in [2.45, 2.75) is 37.2 Å². The highest BCUT2D eigenvalue weighted by molar-refractivity contribution is 7.90. The van der Waals surface area contributed by atoms with Crippen LogP contribution in [0.2, 0.25) is 0 Å². The van der Waals surface area contributed by atoms with Crippen LogP contribution in [0.15, 0.2) is 77.2 Å². The lowest BCUT2D eigenvalue weighted by Gasteiger charge is -2.38. The van der Waals surface area contributed by atoms with Crippen molar-refractivity contribution in [2.24, 2.45) is 10.1 Å². The molecule has 2 atom stereocenters. The number of amidine groups is 1. The van der Waals surface area contributed by atoms with Gasteiger partial charge in [0.15, 0.2) is 0 Å². The molecule has 3 aromatic carbocycles. The lowest BCUT2D eigenvalue weighted by molar-refractivity contribution is 0.0759. The Kier molecular flexibility index (Phi) is 7.33. The second-order valence-electron chi connectivity index (χ2n) is 9.29. The first-order valence-corrected chi connectivity index (χ1v) is 13.2. The highest BCUT2D eigenvalue weighted by Crippen LogP contribution is 2.41. The summed E-state index contributed by atoms with van der Waals surface area (Å²) in [5.74, 6) is -1.03. The molecule has 1 aliphatic rings. The molecule has 1 heterocycles. The quantitative estimate of drug-likeness (QED) is 0.430. The number of ether oxygens (including phenoxy) is 1. The summed E-state index contributed by atoms with van der Waals surface area (Å²) >= 11 is 0. The number of hydrogen-bond acceptors (Lipinski definition) is 6. The number of benzene rings is 3. The van der Waals surface area contributed by atoms with Crippen molar-refractivity contribution < 1.29 is 27.4 Å². The Labute approximate surface area is 215 Å². The van der Waals surface area contributed by atoms with Crippen LogP contribution in [0.4, 0.5) is 4.39 Å². The van der Waals surface area contributed by atoms with Gasteiger partial charge in [-0.2, -0.15) is 0 Å². The number of halogens is 1. The standard InChI is InChI=1S/C27H28FN3O5S/c1-27(2)24(18-12-10-17(11-13-18)19-6-5-7-20(16-19)25(29)33)37(34,35)31-26(36-27)30-23(14-15-32)21-8-3-4-9-22(21)28/h3-13,16,23-24,32H,14-15H2,1-2H3,(H2,29,33)(H,30,31)/t23-,24?/m0/s1. The van der Waals surface area contributed by atoms with E-state index in [4.69, 9.17) is 10.5 Å². The van der Waals surface area contributed by atoms with Gasteiger partial charge in [-0.15, -0.1) is 4.40 Å². The summed E-state index contributed by atoms with van der Waals surface area (Å²) in [6.45, 7) is 3.02. The van der Waals surface area contributed by atoms with Gasteiger partial charge in [-0.05, 0) is 55.2 Å². The summed E-state index contributed by atoms with van der Waals surface area (Å²) < 4.78 is 50.9. The molecule has 10 heteroatoms. The van der Waals surface area contributed by atoms with E-state index in [1.54, 1.807) is 74.5 Å². The third-order valence-electron chi connectivity index (χ3n) is 6.19. The minimum atomic E-state index is -4.10. The molecule has 8 nitrogen and oxygen atoms in total. The van der Waals surface area contributed by atoms with Crippen LogP contribution in [-0.2, 0) is 14.8 Å². The first kappa shape index (κ1) is 26.3. The Morgan fingerprint density at radius 2 is 1.81 bits per heavy atom. The van der Waals surface area contributed by atoms with Gasteiger partial charge in [0, 0.05) is 17.7 Å². The molecule has 0 aromatic heterocycles. The van der Waals surface area contributed by atoms with E-state index < -0.39 is 38.6 Å². The number of hydrogen-bond donors (Lipinski definition) is 3. The van der Waals surface area contributed by atoms with Crippen molar-refractivity contribution in [3.8, 4) is 11.1 Å². The molecule has 0 saturated carbocycles. The number of carbonyl (C=O) groups excluding carboxylic acids is 1.